The smallest absolute Gasteiger partial charge is 0.252 e. The van der Waals surface area contributed by atoms with E-state index in [-0.39, 0.29) is 25.4 Å². The van der Waals surface area contributed by atoms with Crippen LogP contribution in [0.3, 0.4) is 0 Å². The maximum atomic E-state index is 12.5. The molecular weight excluding hydrogens is 560 g/mol. The third kappa shape index (κ3) is 6.71. The van der Waals surface area contributed by atoms with E-state index >= 15 is 0 Å². The number of benzene rings is 3. The van der Waals surface area contributed by atoms with Crippen molar-refractivity contribution in [1.29, 1.82) is 0 Å². The van der Waals surface area contributed by atoms with Gasteiger partial charge in [-0.05, 0) is 53.4 Å². The van der Waals surface area contributed by atoms with Crippen LogP contribution in [0.15, 0.2) is 79.0 Å². The number of aromatic amines is 1. The number of hydrogen-bond donors (Lipinski definition) is 7. The fourth-order valence-corrected chi connectivity index (χ4v) is 5.15. The van der Waals surface area contributed by atoms with Crippen LogP contribution < -0.4 is 21.1 Å². The Bertz CT molecular complexity index is 1710. The van der Waals surface area contributed by atoms with Crippen LogP contribution in [0.2, 0.25) is 0 Å². The van der Waals surface area contributed by atoms with E-state index in [1.54, 1.807) is 12.1 Å². The highest BCUT2D eigenvalue weighted by Crippen LogP contribution is 2.33. The fourth-order valence-electron chi connectivity index (χ4n) is 5.15. The summed E-state index contributed by atoms with van der Waals surface area (Å²) < 4.78 is 5.45. The molecule has 0 unspecified atom stereocenters. The van der Waals surface area contributed by atoms with Gasteiger partial charge in [0.2, 0.25) is 0 Å². The van der Waals surface area contributed by atoms with Gasteiger partial charge in [-0.1, -0.05) is 49.4 Å². The first kappa shape index (κ1) is 30.6. The summed E-state index contributed by atoms with van der Waals surface area (Å²) in [5.74, 6) is 0.531. The third-order valence-corrected chi connectivity index (χ3v) is 7.43. The van der Waals surface area contributed by atoms with Crippen LogP contribution in [0, 0.1) is 0 Å². The number of H-pyrrole nitrogens is 1. The molecule has 0 fully saturated rings. The topological polar surface area (TPSA) is 179 Å². The van der Waals surface area contributed by atoms with Crippen LogP contribution in [0.1, 0.15) is 40.1 Å². The minimum absolute atomic E-state index is 0.0747. The summed E-state index contributed by atoms with van der Waals surface area (Å²) in [6, 6.07) is 21.7. The molecule has 0 saturated heterocycles. The summed E-state index contributed by atoms with van der Waals surface area (Å²) in [6.45, 7) is 2.31. The highest BCUT2D eigenvalue weighted by atomic mass is 16.5. The average Bonchev–Trinajstić information content (AvgIpc) is 3.50. The van der Waals surface area contributed by atoms with Crippen LogP contribution in [-0.4, -0.2) is 62.0 Å². The van der Waals surface area contributed by atoms with Gasteiger partial charge in [-0.25, -0.2) is 9.97 Å². The number of aliphatic hydroxyl groups is 3. The summed E-state index contributed by atoms with van der Waals surface area (Å²) in [4.78, 5) is 24.8. The Balaban J connectivity index is 1.44. The van der Waals surface area contributed by atoms with E-state index in [1.807, 2.05) is 67.6 Å². The van der Waals surface area contributed by atoms with Gasteiger partial charge in [0.05, 0.1) is 36.6 Å². The van der Waals surface area contributed by atoms with Gasteiger partial charge in [-0.15, -0.1) is 0 Å². The summed E-state index contributed by atoms with van der Waals surface area (Å²) >= 11 is 0. The lowest BCUT2D eigenvalue weighted by Gasteiger charge is -2.24. The number of anilines is 2. The number of pyridine rings is 1. The van der Waals surface area contributed by atoms with Crippen molar-refractivity contribution < 1.29 is 24.9 Å². The fraction of sp³-hybridized carbons (Fsp3) is 0.242. The molecule has 5 rings (SSSR count). The van der Waals surface area contributed by atoms with Crippen molar-refractivity contribution in [3.8, 4) is 17.1 Å². The SMILES string of the molecule is CCc1c(CN[C@H](CO)[C@H](O)c2ccccc2)cccc1Nc1c(C(N)=O)cnc2nc(-c3ccc(OCCO)cc3)[nH]c12. The van der Waals surface area contributed by atoms with Gasteiger partial charge in [0.25, 0.3) is 5.91 Å². The molecular formula is C33H36N6O5. The van der Waals surface area contributed by atoms with E-state index in [4.69, 9.17) is 15.6 Å². The first-order valence-corrected chi connectivity index (χ1v) is 14.4. The van der Waals surface area contributed by atoms with Gasteiger partial charge in [-0.2, -0.15) is 0 Å². The van der Waals surface area contributed by atoms with Crippen LogP contribution in [0.5, 0.6) is 5.75 Å². The number of fused-ring (bicyclic) bond motifs is 1. The molecule has 0 radical (unpaired) electrons. The average molecular weight is 597 g/mol. The van der Waals surface area contributed by atoms with Crippen molar-refractivity contribution in [2.75, 3.05) is 25.1 Å². The van der Waals surface area contributed by atoms with Gasteiger partial charge in [0, 0.05) is 24.0 Å². The quantitative estimate of drug-likeness (QED) is 0.101. The van der Waals surface area contributed by atoms with Crippen molar-refractivity contribution in [3.05, 3.63) is 101 Å². The molecule has 0 saturated carbocycles. The lowest BCUT2D eigenvalue weighted by Crippen LogP contribution is -2.37. The van der Waals surface area contributed by atoms with Gasteiger partial charge >= 0.3 is 0 Å². The highest BCUT2D eigenvalue weighted by molar-refractivity contribution is 6.06. The van der Waals surface area contributed by atoms with E-state index in [1.165, 1.54) is 6.20 Å². The Kier molecular flexibility index (Phi) is 9.82. The summed E-state index contributed by atoms with van der Waals surface area (Å²) in [5.41, 5.74) is 11.6. The number of ether oxygens (including phenoxy) is 1. The first-order chi connectivity index (χ1) is 21.4. The molecule has 2 atom stereocenters. The number of carbonyl (C=O) groups excluding carboxylic acids is 1. The molecule has 0 spiro atoms. The third-order valence-electron chi connectivity index (χ3n) is 7.43. The number of aromatic nitrogens is 3. The molecule has 1 amide bonds. The molecule has 228 valence electrons. The van der Waals surface area contributed by atoms with Gasteiger partial charge in [0.15, 0.2) is 5.65 Å². The van der Waals surface area contributed by atoms with Gasteiger partial charge < -0.3 is 41.4 Å². The minimum Gasteiger partial charge on any atom is -0.491 e. The van der Waals surface area contributed by atoms with Crippen LogP contribution in [0.4, 0.5) is 11.4 Å². The molecule has 0 aliphatic rings. The minimum atomic E-state index is -0.880. The second-order valence-corrected chi connectivity index (χ2v) is 10.2. The Morgan fingerprint density at radius 1 is 1.05 bits per heavy atom. The number of nitrogens with two attached hydrogens (primary N) is 1. The summed E-state index contributed by atoms with van der Waals surface area (Å²) in [6.07, 6.45) is 1.20. The standard InChI is InChI=1S/C33H36N6O5/c1-2-24-22(17-35-27(19-41)30(42)20-7-4-3-5-8-20)9-6-10-26(24)37-28-25(31(34)43)18-36-33-29(28)38-32(39-33)21-11-13-23(14-12-21)44-16-15-40/h3-14,18,27,30,35,40-42H,2,15-17,19H2,1H3,(H2,34,43)(H2,36,37,38,39)/t27-,30-/m1/s1. The number of aliphatic hydroxyl groups excluding tert-OH is 3. The van der Waals surface area contributed by atoms with E-state index in [0.717, 1.165) is 27.9 Å². The molecule has 0 bridgehead atoms. The number of amides is 1. The summed E-state index contributed by atoms with van der Waals surface area (Å²) in [5, 5.41) is 36.6. The van der Waals surface area contributed by atoms with E-state index in [0.29, 0.717) is 41.4 Å². The predicted octanol–water partition coefficient (Wildman–Crippen LogP) is 3.59. The number of nitrogens with zero attached hydrogens (tertiary/aromatic N) is 2. The first-order valence-electron chi connectivity index (χ1n) is 14.4. The number of primary amides is 1. The molecule has 0 aliphatic carbocycles. The predicted molar refractivity (Wildman–Crippen MR) is 169 cm³/mol. The Morgan fingerprint density at radius 2 is 1.82 bits per heavy atom. The number of hydrogen-bond acceptors (Lipinski definition) is 9. The number of nitrogens with one attached hydrogen (secondary N) is 3. The zero-order valence-corrected chi connectivity index (χ0v) is 24.3. The Hall–Kier alpha value is -4.81. The normalized spacial score (nSPS) is 12.6. The van der Waals surface area contributed by atoms with Crippen molar-refractivity contribution in [2.24, 2.45) is 5.73 Å². The van der Waals surface area contributed by atoms with Crippen molar-refractivity contribution in [1.82, 2.24) is 20.3 Å². The second kappa shape index (κ2) is 14.1. The van der Waals surface area contributed by atoms with E-state index < -0.39 is 18.1 Å². The second-order valence-electron chi connectivity index (χ2n) is 10.2. The molecule has 44 heavy (non-hydrogen) atoms. The molecule has 2 aromatic heterocycles. The molecule has 0 aliphatic heterocycles. The molecule has 3 aromatic carbocycles. The monoisotopic (exact) mass is 596 g/mol. The van der Waals surface area contributed by atoms with Crippen LogP contribution in [0.25, 0.3) is 22.6 Å². The van der Waals surface area contributed by atoms with E-state index in [9.17, 15) is 15.0 Å². The summed E-state index contributed by atoms with van der Waals surface area (Å²) in [7, 11) is 0. The largest absolute Gasteiger partial charge is 0.491 e. The van der Waals surface area contributed by atoms with E-state index in [2.05, 4.69) is 25.6 Å². The molecule has 11 heteroatoms. The Morgan fingerprint density at radius 3 is 2.50 bits per heavy atom. The van der Waals surface area contributed by atoms with Crippen LogP contribution in [-0.2, 0) is 13.0 Å². The number of carbonyl (C=O) groups is 1. The zero-order valence-electron chi connectivity index (χ0n) is 24.3. The Labute approximate surface area is 254 Å². The lowest BCUT2D eigenvalue weighted by atomic mass is 10.00. The van der Waals surface area contributed by atoms with Crippen LogP contribution >= 0.6 is 0 Å². The van der Waals surface area contributed by atoms with Crippen molar-refractivity contribution >= 4 is 28.4 Å². The zero-order chi connectivity index (χ0) is 31.1. The molecule has 8 N–H and O–H groups in total. The lowest BCUT2D eigenvalue weighted by molar-refractivity contribution is 0.0891. The molecule has 2 heterocycles. The maximum Gasteiger partial charge on any atom is 0.252 e. The molecule has 5 aromatic rings. The highest BCUT2D eigenvalue weighted by Gasteiger charge is 2.22. The number of imidazole rings is 1. The maximum absolute atomic E-state index is 12.5. The van der Waals surface area contributed by atoms with Crippen molar-refractivity contribution in [3.63, 3.8) is 0 Å². The van der Waals surface area contributed by atoms with Gasteiger partial charge in [-0.3, -0.25) is 4.79 Å². The molecule has 11 nitrogen and oxygen atoms in total. The van der Waals surface area contributed by atoms with Gasteiger partial charge in [0.1, 0.15) is 23.7 Å². The number of rotatable bonds is 14. The van der Waals surface area contributed by atoms with Crippen molar-refractivity contribution in [2.45, 2.75) is 32.0 Å².